The first-order valence-electron chi connectivity index (χ1n) is 6.02. The van der Waals surface area contributed by atoms with E-state index >= 15 is 0 Å². The molecule has 0 radical (unpaired) electrons. The minimum Gasteiger partial charge on any atom is -0.355 e. The Morgan fingerprint density at radius 1 is 1.47 bits per heavy atom. The Morgan fingerprint density at radius 3 is 3.06 bits per heavy atom. The first kappa shape index (κ1) is 12.2. The van der Waals surface area contributed by atoms with Crippen LogP contribution in [0.15, 0.2) is 12.3 Å². The molecule has 2 heterocycles. The van der Waals surface area contributed by atoms with Crippen molar-refractivity contribution in [2.45, 2.75) is 26.2 Å². The lowest BCUT2D eigenvalue weighted by molar-refractivity contribution is 0.521. The molecule has 1 aromatic rings. The lowest BCUT2D eigenvalue weighted by Crippen LogP contribution is -2.25. The SMILES string of the molecule is CC1CCCN(c2nccc(C#N)c2Cl)CC1. The van der Waals surface area contributed by atoms with E-state index in [1.807, 2.05) is 0 Å². The van der Waals surface area contributed by atoms with Crippen LogP contribution in [0.5, 0.6) is 0 Å². The molecule has 0 amide bonds. The molecule has 17 heavy (non-hydrogen) atoms. The van der Waals surface area contributed by atoms with Crippen molar-refractivity contribution in [2.75, 3.05) is 18.0 Å². The van der Waals surface area contributed by atoms with Gasteiger partial charge in [-0.15, -0.1) is 0 Å². The molecule has 0 N–H and O–H groups in total. The number of anilines is 1. The van der Waals surface area contributed by atoms with E-state index in [2.05, 4.69) is 22.9 Å². The van der Waals surface area contributed by atoms with Crippen LogP contribution in [0.3, 0.4) is 0 Å². The Balaban J connectivity index is 2.25. The molecule has 1 aliphatic heterocycles. The zero-order chi connectivity index (χ0) is 12.3. The Bertz CT molecular complexity index is 439. The summed E-state index contributed by atoms with van der Waals surface area (Å²) in [6.45, 7) is 4.24. The summed E-state index contributed by atoms with van der Waals surface area (Å²) in [4.78, 5) is 6.52. The van der Waals surface area contributed by atoms with E-state index in [0.29, 0.717) is 10.6 Å². The van der Waals surface area contributed by atoms with Crippen molar-refractivity contribution in [1.29, 1.82) is 5.26 Å². The summed E-state index contributed by atoms with van der Waals surface area (Å²) in [7, 11) is 0. The molecular weight excluding hydrogens is 234 g/mol. The number of pyridine rings is 1. The van der Waals surface area contributed by atoms with Crippen molar-refractivity contribution in [1.82, 2.24) is 4.98 Å². The summed E-state index contributed by atoms with van der Waals surface area (Å²) in [5.41, 5.74) is 0.508. The highest BCUT2D eigenvalue weighted by Crippen LogP contribution is 2.29. The minimum absolute atomic E-state index is 0.490. The van der Waals surface area contributed by atoms with Crippen LogP contribution < -0.4 is 4.90 Å². The van der Waals surface area contributed by atoms with Gasteiger partial charge in [-0.05, 0) is 31.2 Å². The van der Waals surface area contributed by atoms with Gasteiger partial charge in [0, 0.05) is 19.3 Å². The number of nitriles is 1. The number of aromatic nitrogens is 1. The fourth-order valence-electron chi connectivity index (χ4n) is 2.21. The highest BCUT2D eigenvalue weighted by atomic mass is 35.5. The maximum Gasteiger partial charge on any atom is 0.148 e. The molecule has 3 nitrogen and oxygen atoms in total. The summed E-state index contributed by atoms with van der Waals surface area (Å²) in [5.74, 6) is 1.53. The molecular formula is C13H16ClN3. The molecule has 1 fully saturated rings. The van der Waals surface area contributed by atoms with Gasteiger partial charge in [0.05, 0.1) is 5.56 Å². The molecule has 1 atom stereocenters. The zero-order valence-electron chi connectivity index (χ0n) is 9.99. The standard InChI is InChI=1S/C13H16ClN3/c1-10-3-2-7-17(8-5-10)13-12(14)11(9-15)4-6-16-13/h4,6,10H,2-3,5,7-8H2,1H3. The van der Waals surface area contributed by atoms with Crippen LogP contribution in [0.2, 0.25) is 5.02 Å². The fraction of sp³-hybridized carbons (Fsp3) is 0.538. The molecule has 90 valence electrons. The molecule has 1 unspecified atom stereocenters. The van der Waals surface area contributed by atoms with Crippen molar-refractivity contribution < 1.29 is 0 Å². The molecule has 0 saturated carbocycles. The summed E-state index contributed by atoms with van der Waals surface area (Å²) in [5, 5.41) is 9.45. The third kappa shape index (κ3) is 2.70. The first-order chi connectivity index (χ1) is 8.22. The highest BCUT2D eigenvalue weighted by Gasteiger charge is 2.18. The van der Waals surface area contributed by atoms with Gasteiger partial charge in [-0.3, -0.25) is 0 Å². The van der Waals surface area contributed by atoms with Crippen molar-refractivity contribution in [3.05, 3.63) is 22.8 Å². The summed E-state index contributed by atoms with van der Waals surface area (Å²) in [6.07, 6.45) is 5.24. The van der Waals surface area contributed by atoms with Gasteiger partial charge in [0.1, 0.15) is 16.9 Å². The van der Waals surface area contributed by atoms with E-state index in [-0.39, 0.29) is 0 Å². The molecule has 1 aliphatic rings. The van der Waals surface area contributed by atoms with Gasteiger partial charge in [-0.25, -0.2) is 4.98 Å². The fourth-order valence-corrected chi connectivity index (χ4v) is 2.49. The smallest absolute Gasteiger partial charge is 0.148 e. The van der Waals surface area contributed by atoms with Gasteiger partial charge in [0.2, 0.25) is 0 Å². The molecule has 2 rings (SSSR count). The Kier molecular flexibility index (Phi) is 3.86. The van der Waals surface area contributed by atoms with E-state index in [1.54, 1.807) is 12.3 Å². The molecule has 4 heteroatoms. The van der Waals surface area contributed by atoms with Crippen LogP contribution in [-0.4, -0.2) is 18.1 Å². The van der Waals surface area contributed by atoms with Crippen LogP contribution in [0.4, 0.5) is 5.82 Å². The summed E-state index contributed by atoms with van der Waals surface area (Å²) >= 11 is 6.21. The van der Waals surface area contributed by atoms with Crippen LogP contribution in [-0.2, 0) is 0 Å². The first-order valence-corrected chi connectivity index (χ1v) is 6.39. The monoisotopic (exact) mass is 249 g/mol. The average Bonchev–Trinajstić information content (AvgIpc) is 2.54. The number of rotatable bonds is 1. The summed E-state index contributed by atoms with van der Waals surface area (Å²) in [6, 6.07) is 3.76. The van der Waals surface area contributed by atoms with Gasteiger partial charge in [0.15, 0.2) is 0 Å². The largest absolute Gasteiger partial charge is 0.355 e. The maximum absolute atomic E-state index is 8.96. The van der Waals surface area contributed by atoms with Gasteiger partial charge >= 0.3 is 0 Å². The third-order valence-corrected chi connectivity index (χ3v) is 3.68. The normalized spacial score (nSPS) is 20.8. The highest BCUT2D eigenvalue weighted by molar-refractivity contribution is 6.34. The van der Waals surface area contributed by atoms with Crippen molar-refractivity contribution in [2.24, 2.45) is 5.92 Å². The Labute approximate surface area is 107 Å². The topological polar surface area (TPSA) is 39.9 Å². The second-order valence-corrected chi connectivity index (χ2v) is 5.01. The van der Waals surface area contributed by atoms with Crippen molar-refractivity contribution in [3.63, 3.8) is 0 Å². The lowest BCUT2D eigenvalue weighted by atomic mass is 10.0. The third-order valence-electron chi connectivity index (χ3n) is 3.31. The predicted octanol–water partition coefficient (Wildman–Crippen LogP) is 3.23. The molecule has 1 aromatic heterocycles. The van der Waals surface area contributed by atoms with Crippen molar-refractivity contribution >= 4 is 17.4 Å². The van der Waals surface area contributed by atoms with Crippen LogP contribution in [0, 0.1) is 17.2 Å². The number of halogens is 1. The number of hydrogen-bond acceptors (Lipinski definition) is 3. The van der Waals surface area contributed by atoms with Crippen LogP contribution >= 0.6 is 11.6 Å². The lowest BCUT2D eigenvalue weighted by Gasteiger charge is -2.22. The van der Waals surface area contributed by atoms with Gasteiger partial charge in [-0.1, -0.05) is 18.5 Å². The van der Waals surface area contributed by atoms with E-state index in [4.69, 9.17) is 16.9 Å². The summed E-state index contributed by atoms with van der Waals surface area (Å²) < 4.78 is 0. The second kappa shape index (κ2) is 5.37. The van der Waals surface area contributed by atoms with E-state index in [0.717, 1.165) is 37.7 Å². The van der Waals surface area contributed by atoms with Crippen LogP contribution in [0.25, 0.3) is 0 Å². The maximum atomic E-state index is 8.96. The van der Waals surface area contributed by atoms with Gasteiger partial charge in [0.25, 0.3) is 0 Å². The molecule has 0 spiro atoms. The average molecular weight is 250 g/mol. The van der Waals surface area contributed by atoms with E-state index in [1.165, 1.54) is 6.42 Å². The number of hydrogen-bond donors (Lipinski definition) is 0. The van der Waals surface area contributed by atoms with Crippen LogP contribution in [0.1, 0.15) is 31.7 Å². The Morgan fingerprint density at radius 2 is 2.29 bits per heavy atom. The Hall–Kier alpha value is -1.27. The van der Waals surface area contributed by atoms with E-state index in [9.17, 15) is 0 Å². The molecule has 0 aromatic carbocycles. The second-order valence-electron chi connectivity index (χ2n) is 4.63. The molecule has 0 aliphatic carbocycles. The van der Waals surface area contributed by atoms with E-state index < -0.39 is 0 Å². The van der Waals surface area contributed by atoms with Gasteiger partial charge in [-0.2, -0.15) is 5.26 Å². The zero-order valence-corrected chi connectivity index (χ0v) is 10.7. The quantitative estimate of drug-likeness (QED) is 0.767. The molecule has 1 saturated heterocycles. The van der Waals surface area contributed by atoms with Gasteiger partial charge < -0.3 is 4.90 Å². The number of nitrogens with zero attached hydrogens (tertiary/aromatic N) is 3. The minimum atomic E-state index is 0.490. The predicted molar refractivity (Wildman–Crippen MR) is 69.2 cm³/mol. The molecule has 0 bridgehead atoms. The van der Waals surface area contributed by atoms with Crippen molar-refractivity contribution in [3.8, 4) is 6.07 Å².